The van der Waals surface area contributed by atoms with Crippen LogP contribution in [0.1, 0.15) is 61.2 Å². The minimum atomic E-state index is -0.345. The van der Waals surface area contributed by atoms with Gasteiger partial charge in [-0.25, -0.2) is 4.98 Å². The Labute approximate surface area is 148 Å². The summed E-state index contributed by atoms with van der Waals surface area (Å²) in [6.07, 6.45) is 0. The predicted octanol–water partition coefficient (Wildman–Crippen LogP) is 3.77. The molecule has 0 radical (unpaired) electrons. The summed E-state index contributed by atoms with van der Waals surface area (Å²) in [7, 11) is 0. The Hall–Kier alpha value is -2.69. The first-order chi connectivity index (χ1) is 11.7. The molecule has 25 heavy (non-hydrogen) atoms. The minimum absolute atomic E-state index is 0.00751. The number of carbonyl (C=O) groups excluding carboxylic acids is 2. The molecule has 0 bridgehead atoms. The minimum Gasteiger partial charge on any atom is -0.349 e. The number of anilines is 1. The summed E-state index contributed by atoms with van der Waals surface area (Å²) in [6, 6.07) is 12.6. The lowest BCUT2D eigenvalue weighted by Crippen LogP contribution is -2.31. The molecule has 2 aromatic rings. The van der Waals surface area contributed by atoms with Gasteiger partial charge in [-0.1, -0.05) is 39.0 Å². The molecule has 5 heteroatoms. The van der Waals surface area contributed by atoms with Crippen LogP contribution in [0.5, 0.6) is 0 Å². The lowest BCUT2D eigenvalue weighted by molar-refractivity contribution is 0.0938. The Bertz CT molecular complexity index is 759. The van der Waals surface area contributed by atoms with Crippen LogP contribution in [0.2, 0.25) is 0 Å². The van der Waals surface area contributed by atoms with Crippen LogP contribution in [-0.2, 0) is 5.41 Å². The van der Waals surface area contributed by atoms with Crippen LogP contribution < -0.4 is 10.6 Å². The maximum atomic E-state index is 12.4. The van der Waals surface area contributed by atoms with Gasteiger partial charge < -0.3 is 10.6 Å². The van der Waals surface area contributed by atoms with Crippen LogP contribution in [0, 0.1) is 0 Å². The molecule has 2 N–H and O–H groups in total. The highest BCUT2D eigenvalue weighted by Gasteiger charge is 2.15. The molecule has 0 saturated carbocycles. The molecule has 0 aliphatic rings. The number of hydrogen-bond acceptors (Lipinski definition) is 3. The number of amides is 2. The first-order valence-corrected chi connectivity index (χ1v) is 8.36. The van der Waals surface area contributed by atoms with Crippen LogP contribution in [0.25, 0.3) is 0 Å². The van der Waals surface area contributed by atoms with Gasteiger partial charge in [-0.3, -0.25) is 9.59 Å². The Kier molecular flexibility index (Phi) is 5.57. The number of pyridine rings is 1. The molecule has 0 fully saturated rings. The molecule has 1 aromatic heterocycles. The molecule has 1 heterocycles. The summed E-state index contributed by atoms with van der Waals surface area (Å²) in [5.74, 6) is -0.637. The normalized spacial score (nSPS) is 11.3. The molecule has 0 aliphatic carbocycles. The van der Waals surface area contributed by atoms with Crippen LogP contribution >= 0.6 is 0 Å². The van der Waals surface area contributed by atoms with E-state index >= 15 is 0 Å². The molecule has 1 aromatic carbocycles. The quantitative estimate of drug-likeness (QED) is 0.891. The van der Waals surface area contributed by atoms with Gasteiger partial charge in [0.25, 0.3) is 11.8 Å². The summed E-state index contributed by atoms with van der Waals surface area (Å²) in [4.78, 5) is 28.6. The third kappa shape index (κ3) is 5.14. The predicted molar refractivity (Wildman–Crippen MR) is 99.9 cm³/mol. The Morgan fingerprint density at radius 3 is 2.00 bits per heavy atom. The lowest BCUT2D eigenvalue weighted by atomic mass is 9.87. The van der Waals surface area contributed by atoms with Crippen molar-refractivity contribution >= 4 is 17.5 Å². The Morgan fingerprint density at radius 2 is 1.48 bits per heavy atom. The van der Waals surface area contributed by atoms with Crippen molar-refractivity contribution in [2.45, 2.75) is 46.1 Å². The van der Waals surface area contributed by atoms with Crippen molar-refractivity contribution in [1.82, 2.24) is 10.3 Å². The van der Waals surface area contributed by atoms with Gasteiger partial charge in [0.15, 0.2) is 0 Å². The highest BCUT2D eigenvalue weighted by atomic mass is 16.2. The van der Waals surface area contributed by atoms with Gasteiger partial charge >= 0.3 is 0 Å². The van der Waals surface area contributed by atoms with Crippen molar-refractivity contribution < 1.29 is 9.59 Å². The molecule has 0 saturated heterocycles. The van der Waals surface area contributed by atoms with E-state index in [1.165, 1.54) is 5.56 Å². The second kappa shape index (κ2) is 7.47. The third-order valence-electron chi connectivity index (χ3n) is 3.64. The zero-order chi connectivity index (χ0) is 18.6. The molecule has 0 unspecified atom stereocenters. The molecular weight excluding hydrogens is 314 g/mol. The number of aromatic nitrogens is 1. The molecular formula is C20H25N3O2. The Balaban J connectivity index is 2.12. The highest BCUT2D eigenvalue weighted by molar-refractivity contribution is 6.03. The molecule has 0 atom stereocenters. The summed E-state index contributed by atoms with van der Waals surface area (Å²) < 4.78 is 0. The van der Waals surface area contributed by atoms with E-state index in [0.29, 0.717) is 5.69 Å². The summed E-state index contributed by atoms with van der Waals surface area (Å²) in [5.41, 5.74) is 2.37. The monoisotopic (exact) mass is 339 g/mol. The van der Waals surface area contributed by atoms with Crippen molar-refractivity contribution in [3.63, 3.8) is 0 Å². The largest absolute Gasteiger partial charge is 0.349 e. The van der Waals surface area contributed by atoms with Gasteiger partial charge in [0, 0.05) is 11.7 Å². The fourth-order valence-corrected chi connectivity index (χ4v) is 2.27. The van der Waals surface area contributed by atoms with Gasteiger partial charge in [0.1, 0.15) is 11.4 Å². The van der Waals surface area contributed by atoms with E-state index in [1.807, 2.05) is 38.1 Å². The number of benzene rings is 1. The average molecular weight is 339 g/mol. The van der Waals surface area contributed by atoms with Crippen molar-refractivity contribution in [1.29, 1.82) is 0 Å². The van der Waals surface area contributed by atoms with Crippen molar-refractivity contribution in [3.05, 3.63) is 59.4 Å². The maximum absolute atomic E-state index is 12.4. The zero-order valence-electron chi connectivity index (χ0n) is 15.4. The van der Waals surface area contributed by atoms with Crippen LogP contribution in [0.15, 0.2) is 42.5 Å². The second-order valence-corrected chi connectivity index (χ2v) is 7.32. The maximum Gasteiger partial charge on any atom is 0.274 e. The summed E-state index contributed by atoms with van der Waals surface area (Å²) >= 11 is 0. The molecule has 132 valence electrons. The van der Waals surface area contributed by atoms with Gasteiger partial charge in [0.2, 0.25) is 0 Å². The number of nitrogens with one attached hydrogen (secondary N) is 2. The summed E-state index contributed by atoms with van der Waals surface area (Å²) in [5, 5.41) is 5.57. The van der Waals surface area contributed by atoms with Gasteiger partial charge in [-0.05, 0) is 49.1 Å². The van der Waals surface area contributed by atoms with Gasteiger partial charge in [0.05, 0.1) is 0 Å². The van der Waals surface area contributed by atoms with Crippen molar-refractivity contribution in [2.24, 2.45) is 0 Å². The van der Waals surface area contributed by atoms with E-state index in [4.69, 9.17) is 0 Å². The fourth-order valence-electron chi connectivity index (χ4n) is 2.27. The number of hydrogen-bond donors (Lipinski definition) is 2. The Morgan fingerprint density at radius 1 is 0.920 bits per heavy atom. The zero-order valence-corrected chi connectivity index (χ0v) is 15.4. The number of rotatable bonds is 4. The highest BCUT2D eigenvalue weighted by Crippen LogP contribution is 2.23. The van der Waals surface area contributed by atoms with Crippen molar-refractivity contribution in [2.75, 3.05) is 5.32 Å². The fraction of sp³-hybridized carbons (Fsp3) is 0.350. The molecule has 5 nitrogen and oxygen atoms in total. The van der Waals surface area contributed by atoms with E-state index in [2.05, 4.69) is 36.4 Å². The molecule has 2 rings (SSSR count). The first-order valence-electron chi connectivity index (χ1n) is 8.36. The van der Waals surface area contributed by atoms with Crippen molar-refractivity contribution in [3.8, 4) is 0 Å². The second-order valence-electron chi connectivity index (χ2n) is 7.32. The summed E-state index contributed by atoms with van der Waals surface area (Å²) in [6.45, 7) is 10.2. The van der Waals surface area contributed by atoms with Gasteiger partial charge in [-0.15, -0.1) is 0 Å². The smallest absolute Gasteiger partial charge is 0.274 e. The lowest BCUT2D eigenvalue weighted by Gasteiger charge is -2.19. The van der Waals surface area contributed by atoms with E-state index in [-0.39, 0.29) is 34.7 Å². The SMILES string of the molecule is CC(C)NC(=O)c1cccc(C(=O)Nc2ccc(C(C)(C)C)cc2)n1. The van der Waals surface area contributed by atoms with Crippen LogP contribution in [-0.4, -0.2) is 22.8 Å². The first kappa shape index (κ1) is 18.6. The molecule has 0 spiro atoms. The van der Waals surface area contributed by atoms with E-state index in [9.17, 15) is 9.59 Å². The molecule has 2 amide bonds. The standard InChI is InChI=1S/C20H25N3O2/c1-13(2)21-18(24)16-7-6-8-17(23-16)19(25)22-15-11-9-14(10-12-15)20(3,4)5/h6-13H,1-5H3,(H,21,24)(H,22,25). The van der Waals surface area contributed by atoms with E-state index < -0.39 is 0 Å². The number of nitrogens with zero attached hydrogens (tertiary/aromatic N) is 1. The third-order valence-corrected chi connectivity index (χ3v) is 3.64. The van der Waals surface area contributed by atoms with E-state index in [1.54, 1.807) is 18.2 Å². The van der Waals surface area contributed by atoms with Crippen LogP contribution in [0.4, 0.5) is 5.69 Å². The number of carbonyl (C=O) groups is 2. The van der Waals surface area contributed by atoms with E-state index in [0.717, 1.165) is 0 Å². The molecule has 0 aliphatic heterocycles. The van der Waals surface area contributed by atoms with Crippen LogP contribution in [0.3, 0.4) is 0 Å². The topological polar surface area (TPSA) is 71.1 Å². The van der Waals surface area contributed by atoms with Gasteiger partial charge in [-0.2, -0.15) is 0 Å². The average Bonchev–Trinajstić information content (AvgIpc) is 2.54.